The summed E-state index contributed by atoms with van der Waals surface area (Å²) in [5.41, 5.74) is 7.93. The van der Waals surface area contributed by atoms with E-state index in [1.54, 1.807) is 0 Å². The van der Waals surface area contributed by atoms with Gasteiger partial charge in [0.2, 0.25) is 23.6 Å². The molecule has 0 unspecified atom stereocenters. The Morgan fingerprint density at radius 2 is 0.882 bits per heavy atom. The van der Waals surface area contributed by atoms with Gasteiger partial charge in [-0.25, -0.2) is 4.79 Å². The summed E-state index contributed by atoms with van der Waals surface area (Å²) in [6.07, 6.45) is 0.680. The highest BCUT2D eigenvalue weighted by Crippen LogP contribution is 2.09. The molecular formula is C33H57N7O11+2. The third kappa shape index (κ3) is 23.0. The van der Waals surface area contributed by atoms with E-state index in [-0.39, 0.29) is 108 Å². The summed E-state index contributed by atoms with van der Waals surface area (Å²) in [5, 5.41) is 10.9. The minimum absolute atomic E-state index is 0.0897. The second-order valence-electron chi connectivity index (χ2n) is 10.9. The summed E-state index contributed by atoms with van der Waals surface area (Å²) in [5.74, 6) is -1.73. The smallest absolute Gasteiger partial charge is 0.337 e. The first-order valence-corrected chi connectivity index (χ1v) is 17.2. The van der Waals surface area contributed by atoms with Crippen LogP contribution in [0.15, 0.2) is 24.3 Å². The van der Waals surface area contributed by atoms with E-state index in [4.69, 9.17) is 23.7 Å². The zero-order valence-corrected chi connectivity index (χ0v) is 29.8. The van der Waals surface area contributed by atoms with Gasteiger partial charge in [-0.2, -0.15) is 0 Å². The number of carbonyl (C=O) groups is 6. The Balaban J connectivity index is 2.44. The van der Waals surface area contributed by atoms with Crippen LogP contribution in [-0.2, 0) is 42.9 Å². The molecule has 1 aromatic rings. The van der Waals surface area contributed by atoms with Crippen molar-refractivity contribution in [3.05, 3.63) is 35.4 Å². The summed E-state index contributed by atoms with van der Waals surface area (Å²) in [6, 6.07) is 5.98. The van der Waals surface area contributed by atoms with E-state index in [1.807, 2.05) is 0 Å². The van der Waals surface area contributed by atoms with Gasteiger partial charge in [0.1, 0.15) is 0 Å². The van der Waals surface area contributed by atoms with Crippen molar-refractivity contribution < 1.29 is 63.9 Å². The number of rotatable bonds is 30. The molecular weight excluding hydrogens is 670 g/mol. The molecule has 18 heteroatoms. The van der Waals surface area contributed by atoms with Crippen LogP contribution in [0, 0.1) is 0 Å². The van der Waals surface area contributed by atoms with Crippen molar-refractivity contribution >= 4 is 35.5 Å². The van der Waals surface area contributed by atoms with Gasteiger partial charge in [-0.1, -0.05) is 0 Å². The second kappa shape index (κ2) is 29.5. The molecule has 0 aromatic heterocycles. The fourth-order valence-corrected chi connectivity index (χ4v) is 4.18. The number of nitrogens with zero attached hydrogens (tertiary/aromatic N) is 1. The average Bonchev–Trinajstić information content (AvgIpc) is 3.13. The number of esters is 1. The Hall–Kier alpha value is -4.20. The van der Waals surface area contributed by atoms with Gasteiger partial charge >= 0.3 is 5.97 Å². The molecule has 0 aliphatic heterocycles. The van der Waals surface area contributed by atoms with Gasteiger partial charge in [-0.05, 0) is 24.3 Å². The molecule has 51 heavy (non-hydrogen) atoms. The predicted molar refractivity (Wildman–Crippen MR) is 183 cm³/mol. The number of carbonyl (C=O) groups excluding carboxylic acids is 6. The minimum atomic E-state index is -0.532. The standard InChI is InChI=1S/C33H55N7O11/c1-47-33(46)27-4-2-26(3-5-27)32(45)40(16-12-36-28(41)8-20-50-24-14-38-30(43)6-18-48-22-10-34)17-13-37-29(42)9-21-51-25-15-39-31(44)7-19-49-23-11-35/h2-5H,6-25,34-35H2,1H3,(H,36,41)(H,37,42)(H,38,43)(H,39,44)/p+2. The predicted octanol–water partition coefficient (Wildman–Crippen LogP) is -3.51. The van der Waals surface area contributed by atoms with Gasteiger partial charge in [0.05, 0.1) is 78.6 Å². The number of methoxy groups -OCH3 is 1. The molecule has 0 fully saturated rings. The molecule has 0 aliphatic rings. The molecule has 0 spiro atoms. The molecule has 0 radical (unpaired) electrons. The second-order valence-corrected chi connectivity index (χ2v) is 10.9. The van der Waals surface area contributed by atoms with Gasteiger partial charge in [-0.15, -0.1) is 0 Å². The maximum atomic E-state index is 13.3. The van der Waals surface area contributed by atoms with Crippen molar-refractivity contribution in [2.75, 3.05) is 112 Å². The highest BCUT2D eigenvalue weighted by molar-refractivity contribution is 5.96. The van der Waals surface area contributed by atoms with Gasteiger partial charge in [0.15, 0.2) is 0 Å². The maximum Gasteiger partial charge on any atom is 0.337 e. The molecule has 288 valence electrons. The molecule has 18 nitrogen and oxygen atoms in total. The summed E-state index contributed by atoms with van der Waals surface area (Å²) in [4.78, 5) is 74.8. The topological polar surface area (TPSA) is 255 Å². The van der Waals surface area contributed by atoms with E-state index in [9.17, 15) is 28.8 Å². The maximum absolute atomic E-state index is 13.3. The number of hydrogen-bond acceptors (Lipinski definition) is 11. The lowest BCUT2D eigenvalue weighted by atomic mass is 10.1. The lowest BCUT2D eigenvalue weighted by molar-refractivity contribution is -0.374. The molecule has 0 bridgehead atoms. The summed E-state index contributed by atoms with van der Waals surface area (Å²) < 4.78 is 26.0. The molecule has 10 N–H and O–H groups in total. The first-order valence-electron chi connectivity index (χ1n) is 17.2. The fourth-order valence-electron chi connectivity index (χ4n) is 4.18. The van der Waals surface area contributed by atoms with Crippen LogP contribution in [0.3, 0.4) is 0 Å². The average molecular weight is 728 g/mol. The van der Waals surface area contributed by atoms with Crippen LogP contribution < -0.4 is 32.7 Å². The summed E-state index contributed by atoms with van der Waals surface area (Å²) >= 11 is 0. The number of benzene rings is 1. The van der Waals surface area contributed by atoms with E-state index >= 15 is 0 Å². The van der Waals surface area contributed by atoms with E-state index in [0.29, 0.717) is 63.7 Å². The molecule has 0 aliphatic carbocycles. The van der Waals surface area contributed by atoms with Crippen molar-refractivity contribution in [2.24, 2.45) is 0 Å². The van der Waals surface area contributed by atoms with Gasteiger partial charge in [0, 0.05) is 70.5 Å². The normalized spacial score (nSPS) is 10.6. The largest absolute Gasteiger partial charge is 0.465 e. The molecule has 5 amide bonds. The SMILES string of the molecule is COC(=O)c1ccc(C(=O)N(CCNC(=O)CCOCCNC(=O)CCOCC[NH3+])CCNC(=O)CCOCCNC(=O)CCOCC[NH3+])cc1. The first kappa shape index (κ1) is 44.8. The lowest BCUT2D eigenvalue weighted by Crippen LogP contribution is -2.52. The van der Waals surface area contributed by atoms with Crippen molar-refractivity contribution in [3.63, 3.8) is 0 Å². The zero-order valence-electron chi connectivity index (χ0n) is 29.8. The number of amides is 5. The molecule has 0 saturated heterocycles. The Morgan fingerprint density at radius 1 is 0.529 bits per heavy atom. The molecule has 0 atom stereocenters. The third-order valence-corrected chi connectivity index (χ3v) is 6.86. The fraction of sp³-hybridized carbons (Fsp3) is 0.636. The lowest BCUT2D eigenvalue weighted by Gasteiger charge is -2.23. The number of quaternary nitrogens is 2. The van der Waals surface area contributed by atoms with Crippen LogP contribution in [0.1, 0.15) is 46.4 Å². The Kier molecular flexibility index (Phi) is 25.9. The van der Waals surface area contributed by atoms with Crippen LogP contribution in [0.25, 0.3) is 0 Å². The Labute approximate surface area is 298 Å². The number of nitrogens with one attached hydrogen (secondary N) is 4. The van der Waals surface area contributed by atoms with Gasteiger partial charge in [0.25, 0.3) is 5.91 Å². The Bertz CT molecular complexity index is 1120. The van der Waals surface area contributed by atoms with Crippen LogP contribution in [0.2, 0.25) is 0 Å². The van der Waals surface area contributed by atoms with E-state index < -0.39 is 5.97 Å². The zero-order chi connectivity index (χ0) is 37.5. The Morgan fingerprint density at radius 3 is 1.25 bits per heavy atom. The molecule has 0 heterocycles. The van der Waals surface area contributed by atoms with E-state index in [2.05, 4.69) is 32.7 Å². The summed E-state index contributed by atoms with van der Waals surface area (Å²) in [7, 11) is 1.26. The highest BCUT2D eigenvalue weighted by Gasteiger charge is 2.17. The summed E-state index contributed by atoms with van der Waals surface area (Å²) in [6.45, 7) is 5.01. The molecule has 1 rings (SSSR count). The van der Waals surface area contributed by atoms with E-state index in [1.165, 1.54) is 36.3 Å². The van der Waals surface area contributed by atoms with E-state index in [0.717, 1.165) is 0 Å². The third-order valence-electron chi connectivity index (χ3n) is 6.86. The van der Waals surface area contributed by atoms with Gasteiger partial charge < -0.3 is 61.3 Å². The van der Waals surface area contributed by atoms with Crippen molar-refractivity contribution in [2.45, 2.75) is 25.7 Å². The highest BCUT2D eigenvalue weighted by atomic mass is 16.5. The number of ether oxygens (including phenoxy) is 5. The van der Waals surface area contributed by atoms with Gasteiger partial charge in [-0.3, -0.25) is 24.0 Å². The van der Waals surface area contributed by atoms with Crippen LogP contribution in [0.5, 0.6) is 0 Å². The van der Waals surface area contributed by atoms with Crippen LogP contribution in [0.4, 0.5) is 0 Å². The number of hydrogen-bond donors (Lipinski definition) is 6. The van der Waals surface area contributed by atoms with Crippen molar-refractivity contribution in [3.8, 4) is 0 Å². The first-order chi connectivity index (χ1) is 24.7. The molecule has 0 saturated carbocycles. The van der Waals surface area contributed by atoms with Crippen molar-refractivity contribution in [1.82, 2.24) is 26.2 Å². The van der Waals surface area contributed by atoms with Crippen LogP contribution >= 0.6 is 0 Å². The van der Waals surface area contributed by atoms with Crippen LogP contribution in [-0.4, -0.2) is 153 Å². The molecule has 1 aromatic carbocycles. The monoisotopic (exact) mass is 727 g/mol. The quantitative estimate of drug-likeness (QED) is 0.0335. The van der Waals surface area contributed by atoms with Crippen molar-refractivity contribution in [1.29, 1.82) is 0 Å². The minimum Gasteiger partial charge on any atom is -0.465 e.